The average molecular weight is 371 g/mol. The Labute approximate surface area is 154 Å². The molecule has 2 aromatic carbocycles. The zero-order chi connectivity index (χ0) is 18.7. The maximum atomic E-state index is 12.4. The summed E-state index contributed by atoms with van der Waals surface area (Å²) < 4.78 is 6.48. The van der Waals surface area contributed by atoms with Crippen molar-refractivity contribution in [1.82, 2.24) is 9.88 Å². The van der Waals surface area contributed by atoms with Gasteiger partial charge in [-0.15, -0.1) is 11.3 Å². The van der Waals surface area contributed by atoms with Crippen molar-refractivity contribution in [2.75, 3.05) is 13.7 Å². The average Bonchev–Trinajstić information content (AvgIpc) is 3.09. The minimum atomic E-state index is -0.504. The molecule has 3 rings (SSSR count). The van der Waals surface area contributed by atoms with Crippen molar-refractivity contribution < 1.29 is 14.5 Å². The molecule has 0 unspecified atom stereocenters. The Morgan fingerprint density at radius 2 is 2.08 bits per heavy atom. The van der Waals surface area contributed by atoms with E-state index in [1.165, 1.54) is 18.2 Å². The van der Waals surface area contributed by atoms with Crippen molar-refractivity contribution in [3.05, 3.63) is 63.7 Å². The number of rotatable bonds is 6. The molecule has 8 heteroatoms. The first-order valence-corrected chi connectivity index (χ1v) is 8.75. The Kier molecular flexibility index (Phi) is 5.13. The van der Waals surface area contributed by atoms with E-state index in [2.05, 4.69) is 4.98 Å². The highest BCUT2D eigenvalue weighted by Crippen LogP contribution is 2.29. The van der Waals surface area contributed by atoms with Gasteiger partial charge in [-0.25, -0.2) is 4.98 Å². The topological polar surface area (TPSA) is 85.6 Å². The third kappa shape index (κ3) is 3.80. The number of fused-ring (bicyclic) bond motifs is 1. The summed E-state index contributed by atoms with van der Waals surface area (Å²) in [4.78, 5) is 28.8. The van der Waals surface area contributed by atoms with E-state index < -0.39 is 4.92 Å². The van der Waals surface area contributed by atoms with E-state index in [9.17, 15) is 14.9 Å². The molecule has 3 aromatic rings. The van der Waals surface area contributed by atoms with Gasteiger partial charge in [0.2, 0.25) is 0 Å². The van der Waals surface area contributed by atoms with Crippen LogP contribution in [0, 0.1) is 10.1 Å². The second-order valence-corrected chi connectivity index (χ2v) is 6.81. The fraction of sp³-hybridized carbons (Fsp3) is 0.222. The molecule has 1 amide bonds. The lowest BCUT2D eigenvalue weighted by molar-refractivity contribution is -0.384. The Morgan fingerprint density at radius 1 is 1.31 bits per heavy atom. The predicted molar refractivity (Wildman–Crippen MR) is 99.4 cm³/mol. The number of benzene rings is 2. The van der Waals surface area contributed by atoms with Crippen LogP contribution in [0.2, 0.25) is 0 Å². The van der Waals surface area contributed by atoms with Crippen LogP contribution in [0.3, 0.4) is 0 Å². The molecule has 1 heterocycles. The smallest absolute Gasteiger partial charge is 0.273 e. The number of hydrogen-bond donors (Lipinski definition) is 0. The molecule has 7 nitrogen and oxygen atoms in total. The number of carbonyl (C=O) groups excluding carboxylic acids is 1. The Balaban J connectivity index is 1.65. The number of likely N-dealkylation sites (N-methyl/N-ethyl adjacent to an activating group) is 1. The number of ether oxygens (including phenoxy) is 1. The monoisotopic (exact) mass is 371 g/mol. The van der Waals surface area contributed by atoms with E-state index in [1.807, 2.05) is 31.2 Å². The first-order chi connectivity index (χ1) is 12.5. The van der Waals surface area contributed by atoms with Crippen LogP contribution >= 0.6 is 11.3 Å². The Bertz CT molecular complexity index is 923. The molecular weight excluding hydrogens is 354 g/mol. The molecule has 1 atom stereocenters. The molecule has 0 bridgehead atoms. The number of carbonyl (C=O) groups is 1. The predicted octanol–water partition coefficient (Wildman–Crippen LogP) is 3.80. The standard InChI is InChI=1S/C18H17N3O4S/c1-12(18-19-15-8-3-4-9-16(15)26-18)20(2)17(22)11-25-14-7-5-6-13(10-14)21(23)24/h3-10,12H,11H2,1-2H3/t12-/m1/s1. The van der Waals surface area contributed by atoms with Crippen LogP contribution in [-0.4, -0.2) is 34.4 Å². The second-order valence-electron chi connectivity index (χ2n) is 5.74. The second kappa shape index (κ2) is 7.49. The van der Waals surface area contributed by atoms with Crippen molar-refractivity contribution >= 4 is 33.1 Å². The molecule has 0 aliphatic rings. The normalized spacial score (nSPS) is 11.9. The summed E-state index contributed by atoms with van der Waals surface area (Å²) in [5.41, 5.74) is 0.833. The van der Waals surface area contributed by atoms with Crippen molar-refractivity contribution in [1.29, 1.82) is 0 Å². The highest BCUT2D eigenvalue weighted by atomic mass is 32.1. The molecular formula is C18H17N3O4S. The van der Waals surface area contributed by atoms with Crippen LogP contribution in [0.15, 0.2) is 48.5 Å². The van der Waals surface area contributed by atoms with Gasteiger partial charge < -0.3 is 9.64 Å². The minimum Gasteiger partial charge on any atom is -0.484 e. The first kappa shape index (κ1) is 17.8. The lowest BCUT2D eigenvalue weighted by Crippen LogP contribution is -2.33. The summed E-state index contributed by atoms with van der Waals surface area (Å²) >= 11 is 1.55. The van der Waals surface area contributed by atoms with E-state index in [0.29, 0.717) is 0 Å². The molecule has 0 fully saturated rings. The van der Waals surface area contributed by atoms with E-state index >= 15 is 0 Å². The highest BCUT2D eigenvalue weighted by molar-refractivity contribution is 7.18. The lowest BCUT2D eigenvalue weighted by atomic mass is 10.3. The largest absolute Gasteiger partial charge is 0.484 e. The number of hydrogen-bond acceptors (Lipinski definition) is 6. The third-order valence-electron chi connectivity index (χ3n) is 4.03. The molecule has 0 aliphatic heterocycles. The molecule has 26 heavy (non-hydrogen) atoms. The molecule has 0 saturated carbocycles. The van der Waals surface area contributed by atoms with Crippen LogP contribution < -0.4 is 4.74 Å². The van der Waals surface area contributed by atoms with Gasteiger partial charge in [0.15, 0.2) is 6.61 Å². The summed E-state index contributed by atoms with van der Waals surface area (Å²) in [6, 6.07) is 13.4. The number of amides is 1. The summed E-state index contributed by atoms with van der Waals surface area (Å²) in [5.74, 6) is 0.0526. The maximum absolute atomic E-state index is 12.4. The number of para-hydroxylation sites is 1. The van der Waals surface area contributed by atoms with Gasteiger partial charge in [-0.2, -0.15) is 0 Å². The van der Waals surface area contributed by atoms with Crippen LogP contribution in [0.4, 0.5) is 5.69 Å². The summed E-state index contributed by atoms with van der Waals surface area (Å²) in [7, 11) is 1.69. The zero-order valence-electron chi connectivity index (χ0n) is 14.3. The van der Waals surface area contributed by atoms with Crippen LogP contribution in [-0.2, 0) is 4.79 Å². The molecule has 0 radical (unpaired) electrons. The highest BCUT2D eigenvalue weighted by Gasteiger charge is 2.21. The first-order valence-electron chi connectivity index (χ1n) is 7.94. The number of aromatic nitrogens is 1. The zero-order valence-corrected chi connectivity index (χ0v) is 15.1. The number of thiazole rings is 1. The van der Waals surface area contributed by atoms with Gasteiger partial charge in [0.1, 0.15) is 10.8 Å². The van der Waals surface area contributed by atoms with Gasteiger partial charge >= 0.3 is 0 Å². The Hall–Kier alpha value is -3.00. The Morgan fingerprint density at radius 3 is 2.81 bits per heavy atom. The summed E-state index contributed by atoms with van der Waals surface area (Å²) in [6.45, 7) is 1.70. The van der Waals surface area contributed by atoms with E-state index in [0.717, 1.165) is 15.2 Å². The van der Waals surface area contributed by atoms with E-state index in [-0.39, 0.29) is 30.0 Å². The molecule has 1 aromatic heterocycles. The van der Waals surface area contributed by atoms with Crippen molar-refractivity contribution in [2.24, 2.45) is 0 Å². The van der Waals surface area contributed by atoms with Gasteiger partial charge in [0.25, 0.3) is 11.6 Å². The van der Waals surface area contributed by atoms with Crippen LogP contribution in [0.25, 0.3) is 10.2 Å². The van der Waals surface area contributed by atoms with Gasteiger partial charge in [0, 0.05) is 13.1 Å². The fourth-order valence-electron chi connectivity index (χ4n) is 2.38. The minimum absolute atomic E-state index is 0.0776. The third-order valence-corrected chi connectivity index (χ3v) is 5.24. The van der Waals surface area contributed by atoms with Gasteiger partial charge in [-0.3, -0.25) is 14.9 Å². The number of nitrogens with zero attached hydrogens (tertiary/aromatic N) is 3. The molecule has 0 saturated heterocycles. The van der Waals surface area contributed by atoms with Crippen molar-refractivity contribution in [3.63, 3.8) is 0 Å². The number of nitro groups is 1. The van der Waals surface area contributed by atoms with Crippen molar-refractivity contribution in [2.45, 2.75) is 13.0 Å². The van der Waals surface area contributed by atoms with E-state index in [4.69, 9.17) is 4.74 Å². The summed E-state index contributed by atoms with van der Waals surface area (Å²) in [5, 5.41) is 11.6. The van der Waals surface area contributed by atoms with Crippen molar-refractivity contribution in [3.8, 4) is 5.75 Å². The molecule has 0 spiro atoms. The van der Waals surface area contributed by atoms with E-state index in [1.54, 1.807) is 29.4 Å². The SMILES string of the molecule is C[C@H](c1nc2ccccc2s1)N(C)C(=O)COc1cccc([N+](=O)[O-])c1. The van der Waals surface area contributed by atoms with Gasteiger partial charge in [-0.05, 0) is 25.1 Å². The number of non-ortho nitro benzene ring substituents is 1. The van der Waals surface area contributed by atoms with Gasteiger partial charge in [-0.1, -0.05) is 18.2 Å². The maximum Gasteiger partial charge on any atom is 0.273 e. The van der Waals surface area contributed by atoms with Gasteiger partial charge in [0.05, 0.1) is 27.2 Å². The molecule has 0 aliphatic carbocycles. The number of nitro benzene ring substituents is 1. The van der Waals surface area contributed by atoms with Crippen LogP contribution in [0.5, 0.6) is 5.75 Å². The fourth-order valence-corrected chi connectivity index (χ4v) is 3.45. The quantitative estimate of drug-likeness (QED) is 0.486. The lowest BCUT2D eigenvalue weighted by Gasteiger charge is -2.23. The molecule has 134 valence electrons. The molecule has 0 N–H and O–H groups in total. The van der Waals surface area contributed by atoms with Crippen LogP contribution in [0.1, 0.15) is 18.0 Å². The summed E-state index contributed by atoms with van der Waals surface area (Å²) in [6.07, 6.45) is 0.